The molecule has 0 fully saturated rings. The van der Waals surface area contributed by atoms with Crippen LogP contribution in [0.15, 0.2) is 71.9 Å². The van der Waals surface area contributed by atoms with E-state index in [4.69, 9.17) is 9.72 Å². The predicted molar refractivity (Wildman–Crippen MR) is 139 cm³/mol. The van der Waals surface area contributed by atoms with Gasteiger partial charge < -0.3 is 14.6 Å². The van der Waals surface area contributed by atoms with Crippen LogP contribution < -0.4 is 5.32 Å². The fraction of sp³-hybridized carbons (Fsp3) is 0.286. The van der Waals surface area contributed by atoms with Crippen molar-refractivity contribution in [3.63, 3.8) is 0 Å². The lowest BCUT2D eigenvalue weighted by Gasteiger charge is -2.11. The first-order chi connectivity index (χ1) is 17.0. The van der Waals surface area contributed by atoms with Crippen molar-refractivity contribution in [2.24, 2.45) is 0 Å². The van der Waals surface area contributed by atoms with Gasteiger partial charge in [0.15, 0.2) is 5.16 Å². The normalized spacial score (nSPS) is 11.2. The van der Waals surface area contributed by atoms with Gasteiger partial charge in [-0.3, -0.25) is 4.79 Å². The van der Waals surface area contributed by atoms with Crippen LogP contribution in [0.3, 0.4) is 0 Å². The fourth-order valence-corrected chi connectivity index (χ4v) is 4.82. The summed E-state index contributed by atoms with van der Waals surface area (Å²) in [5.74, 6) is 0.325. The second-order valence-corrected chi connectivity index (χ2v) is 9.34. The maximum atomic E-state index is 13.3. The molecule has 0 atom stereocenters. The Morgan fingerprint density at radius 1 is 1.09 bits per heavy atom. The summed E-state index contributed by atoms with van der Waals surface area (Å²) in [6, 6.07) is 20.6. The minimum absolute atomic E-state index is 0.104. The first-order valence-corrected chi connectivity index (χ1v) is 12.8. The number of carbonyl (C=O) groups is 1. The van der Waals surface area contributed by atoms with Gasteiger partial charge in [0, 0.05) is 31.1 Å². The molecular formula is C28H30FN3O2S. The minimum Gasteiger partial charge on any atom is -0.382 e. The van der Waals surface area contributed by atoms with Gasteiger partial charge in [0.1, 0.15) is 5.82 Å². The Balaban J connectivity index is 1.60. The van der Waals surface area contributed by atoms with Gasteiger partial charge in [-0.15, -0.1) is 0 Å². The number of halogens is 1. The number of nitrogens with zero attached hydrogens (tertiary/aromatic N) is 2. The number of amides is 1. The molecule has 4 rings (SSSR count). The molecule has 5 nitrogen and oxygen atoms in total. The first kappa shape index (κ1) is 24.9. The highest BCUT2D eigenvalue weighted by Crippen LogP contribution is 2.29. The zero-order chi connectivity index (χ0) is 24.6. The maximum absolute atomic E-state index is 13.3. The van der Waals surface area contributed by atoms with E-state index in [1.54, 1.807) is 23.9 Å². The van der Waals surface area contributed by atoms with Crippen LogP contribution in [0.2, 0.25) is 0 Å². The molecule has 4 aromatic rings. The lowest BCUT2D eigenvalue weighted by molar-refractivity contribution is 0.0944. The number of carbonyl (C=O) groups excluding carboxylic acids is 1. The Bertz CT molecular complexity index is 1290. The quantitative estimate of drug-likeness (QED) is 0.207. The van der Waals surface area contributed by atoms with E-state index in [0.29, 0.717) is 37.6 Å². The van der Waals surface area contributed by atoms with E-state index < -0.39 is 0 Å². The number of aromatic nitrogens is 2. The van der Waals surface area contributed by atoms with Crippen molar-refractivity contribution in [3.05, 3.63) is 94.8 Å². The molecule has 0 spiro atoms. The van der Waals surface area contributed by atoms with Crippen molar-refractivity contribution >= 4 is 28.7 Å². The summed E-state index contributed by atoms with van der Waals surface area (Å²) in [6.45, 7) is 6.56. The summed E-state index contributed by atoms with van der Waals surface area (Å²) < 4.78 is 20.8. The number of hydrogen-bond donors (Lipinski definition) is 1. The minimum atomic E-state index is -0.242. The van der Waals surface area contributed by atoms with Gasteiger partial charge in [0.05, 0.1) is 17.6 Å². The monoisotopic (exact) mass is 491 g/mol. The van der Waals surface area contributed by atoms with E-state index in [0.717, 1.165) is 28.2 Å². The molecule has 0 bridgehead atoms. The first-order valence-electron chi connectivity index (χ1n) is 11.8. The Kier molecular flexibility index (Phi) is 8.55. The number of benzene rings is 3. The number of imidazole rings is 1. The summed E-state index contributed by atoms with van der Waals surface area (Å²) in [5, 5.41) is 3.83. The van der Waals surface area contributed by atoms with Crippen LogP contribution in [-0.2, 0) is 17.0 Å². The Labute approximate surface area is 209 Å². The van der Waals surface area contributed by atoms with Gasteiger partial charge in [-0.25, -0.2) is 9.37 Å². The van der Waals surface area contributed by atoms with E-state index in [-0.39, 0.29) is 11.7 Å². The molecule has 1 amide bonds. The van der Waals surface area contributed by atoms with Gasteiger partial charge in [-0.05, 0) is 61.7 Å². The van der Waals surface area contributed by atoms with Crippen LogP contribution in [0.5, 0.6) is 0 Å². The molecule has 1 heterocycles. The van der Waals surface area contributed by atoms with E-state index in [9.17, 15) is 9.18 Å². The van der Waals surface area contributed by atoms with Crippen molar-refractivity contribution in [2.45, 2.75) is 37.7 Å². The van der Waals surface area contributed by atoms with E-state index in [1.807, 2.05) is 25.1 Å². The molecule has 0 saturated heterocycles. The Hall–Kier alpha value is -3.16. The average molecular weight is 492 g/mol. The third-order valence-electron chi connectivity index (χ3n) is 5.63. The van der Waals surface area contributed by atoms with Crippen molar-refractivity contribution in [1.29, 1.82) is 0 Å². The number of rotatable bonds is 11. The second-order valence-electron chi connectivity index (χ2n) is 8.39. The number of nitrogens with one attached hydrogen (secondary N) is 1. The molecular weight excluding hydrogens is 461 g/mol. The van der Waals surface area contributed by atoms with Crippen molar-refractivity contribution < 1.29 is 13.9 Å². The van der Waals surface area contributed by atoms with Crippen LogP contribution in [-0.4, -0.2) is 35.2 Å². The molecule has 0 aliphatic heterocycles. The number of fused-ring (bicyclic) bond motifs is 1. The third kappa shape index (κ3) is 6.71. The zero-order valence-electron chi connectivity index (χ0n) is 20.1. The smallest absolute Gasteiger partial charge is 0.251 e. The second kappa shape index (κ2) is 12.0. The molecule has 1 N–H and O–H groups in total. The van der Waals surface area contributed by atoms with E-state index in [1.165, 1.54) is 23.3 Å². The lowest BCUT2D eigenvalue weighted by atomic mass is 10.1. The molecule has 182 valence electrons. The van der Waals surface area contributed by atoms with Gasteiger partial charge in [0.2, 0.25) is 0 Å². The molecule has 0 aliphatic carbocycles. The topological polar surface area (TPSA) is 56.1 Å². The molecule has 7 heteroatoms. The predicted octanol–water partition coefficient (Wildman–Crippen LogP) is 5.98. The van der Waals surface area contributed by atoms with Crippen LogP contribution in [0, 0.1) is 12.7 Å². The highest BCUT2D eigenvalue weighted by Gasteiger charge is 2.15. The van der Waals surface area contributed by atoms with Crippen molar-refractivity contribution in [2.75, 3.05) is 19.8 Å². The van der Waals surface area contributed by atoms with Crippen LogP contribution in [0.4, 0.5) is 4.39 Å². The van der Waals surface area contributed by atoms with E-state index >= 15 is 0 Å². The summed E-state index contributed by atoms with van der Waals surface area (Å²) in [7, 11) is 0. The van der Waals surface area contributed by atoms with Crippen molar-refractivity contribution in [3.8, 4) is 0 Å². The largest absolute Gasteiger partial charge is 0.382 e. The zero-order valence-corrected chi connectivity index (χ0v) is 20.9. The molecule has 35 heavy (non-hydrogen) atoms. The molecule has 0 aliphatic rings. The summed E-state index contributed by atoms with van der Waals surface area (Å²) in [6.07, 6.45) is 0.775. The molecule has 0 saturated carbocycles. The molecule has 1 aromatic heterocycles. The average Bonchev–Trinajstić information content (AvgIpc) is 3.20. The summed E-state index contributed by atoms with van der Waals surface area (Å²) in [5.41, 5.74) is 5.74. The summed E-state index contributed by atoms with van der Waals surface area (Å²) >= 11 is 1.61. The Morgan fingerprint density at radius 2 is 1.91 bits per heavy atom. The third-order valence-corrected chi connectivity index (χ3v) is 6.68. The van der Waals surface area contributed by atoms with Gasteiger partial charge in [-0.2, -0.15) is 0 Å². The summed E-state index contributed by atoms with van der Waals surface area (Å²) in [4.78, 5) is 17.6. The van der Waals surface area contributed by atoms with Crippen LogP contribution in [0.25, 0.3) is 11.0 Å². The standard InChI is InChI=1S/C28H30FN3O2S/c1-3-34-15-5-14-30-27(33)23-10-13-25-26(17-23)32(18-22-7-4-6-20(2)16-22)28(31-25)35-19-21-8-11-24(29)12-9-21/h4,6-13,16-17H,3,5,14-15,18-19H2,1-2H3,(H,30,33). The number of thioether (sulfide) groups is 1. The fourth-order valence-electron chi connectivity index (χ4n) is 3.85. The number of aryl methyl sites for hydroxylation is 1. The highest BCUT2D eigenvalue weighted by atomic mass is 32.2. The molecule has 3 aromatic carbocycles. The SMILES string of the molecule is CCOCCCNC(=O)c1ccc2nc(SCc3ccc(F)cc3)n(Cc3cccc(C)c3)c2c1. The maximum Gasteiger partial charge on any atom is 0.251 e. The van der Waals surface area contributed by atoms with Crippen molar-refractivity contribution in [1.82, 2.24) is 14.9 Å². The Morgan fingerprint density at radius 3 is 2.69 bits per heavy atom. The number of ether oxygens (including phenoxy) is 1. The molecule has 0 unspecified atom stereocenters. The van der Waals surface area contributed by atoms with Gasteiger partial charge in [-0.1, -0.05) is 53.7 Å². The van der Waals surface area contributed by atoms with Crippen LogP contribution >= 0.6 is 11.8 Å². The highest BCUT2D eigenvalue weighted by molar-refractivity contribution is 7.98. The molecule has 0 radical (unpaired) electrons. The number of hydrogen-bond acceptors (Lipinski definition) is 4. The van der Waals surface area contributed by atoms with Gasteiger partial charge >= 0.3 is 0 Å². The van der Waals surface area contributed by atoms with Gasteiger partial charge in [0.25, 0.3) is 5.91 Å². The lowest BCUT2D eigenvalue weighted by Crippen LogP contribution is -2.25. The van der Waals surface area contributed by atoms with Crippen LogP contribution in [0.1, 0.15) is 40.4 Å². The van der Waals surface area contributed by atoms with E-state index in [2.05, 4.69) is 41.1 Å².